The van der Waals surface area contributed by atoms with Gasteiger partial charge in [-0.25, -0.2) is 0 Å². The lowest BCUT2D eigenvalue weighted by molar-refractivity contribution is 0.102. The lowest BCUT2D eigenvalue weighted by Gasteiger charge is -2.27. The molecule has 0 unspecified atom stereocenters. The highest BCUT2D eigenvalue weighted by Crippen LogP contribution is 2.24. The molecule has 0 saturated carbocycles. The van der Waals surface area contributed by atoms with Crippen LogP contribution < -0.4 is 5.32 Å². The molecule has 27 heavy (non-hydrogen) atoms. The van der Waals surface area contributed by atoms with Crippen molar-refractivity contribution < 1.29 is 4.79 Å². The molecule has 6 heteroatoms. The van der Waals surface area contributed by atoms with Gasteiger partial charge in [0.25, 0.3) is 5.91 Å². The van der Waals surface area contributed by atoms with Crippen LogP contribution >= 0.6 is 23.4 Å². The van der Waals surface area contributed by atoms with Crippen molar-refractivity contribution in [1.29, 1.82) is 0 Å². The van der Waals surface area contributed by atoms with E-state index in [4.69, 9.17) is 11.6 Å². The summed E-state index contributed by atoms with van der Waals surface area (Å²) in [7, 11) is 0. The number of amides is 1. The van der Waals surface area contributed by atoms with Crippen LogP contribution in [0.3, 0.4) is 0 Å². The van der Waals surface area contributed by atoms with Crippen LogP contribution in [0.4, 0.5) is 5.69 Å². The predicted octanol–water partition coefficient (Wildman–Crippen LogP) is 4.93. The molecule has 1 amide bonds. The lowest BCUT2D eigenvalue weighted by atomic mass is 10.1. The second kappa shape index (κ2) is 7.97. The molecule has 4 rings (SSSR count). The third-order valence-electron chi connectivity index (χ3n) is 5.02. The highest BCUT2D eigenvalue weighted by molar-refractivity contribution is 7.99. The maximum absolute atomic E-state index is 12.7. The number of aromatic amines is 1. The molecule has 1 fully saturated rings. The Bertz CT molecular complexity index is 979. The summed E-state index contributed by atoms with van der Waals surface area (Å²) >= 11 is 8.04. The summed E-state index contributed by atoms with van der Waals surface area (Å²) in [6, 6.07) is 13.5. The number of halogens is 1. The van der Waals surface area contributed by atoms with Crippen molar-refractivity contribution in [3.05, 3.63) is 64.3 Å². The number of nitrogens with one attached hydrogen (secondary N) is 2. The van der Waals surface area contributed by atoms with Crippen LogP contribution in [0, 0.1) is 6.92 Å². The minimum Gasteiger partial charge on any atom is -0.350 e. The summed E-state index contributed by atoms with van der Waals surface area (Å²) in [5.41, 5.74) is 4.65. The van der Waals surface area contributed by atoms with Gasteiger partial charge in [0.05, 0.1) is 0 Å². The normalized spacial score (nSPS) is 15.2. The molecule has 140 valence electrons. The van der Waals surface area contributed by atoms with Gasteiger partial charge in [-0.05, 0) is 42.3 Å². The minimum atomic E-state index is -0.142. The van der Waals surface area contributed by atoms with Crippen LogP contribution in [0.2, 0.25) is 5.02 Å². The molecule has 3 aromatic rings. The molecule has 2 N–H and O–H groups in total. The summed E-state index contributed by atoms with van der Waals surface area (Å²) in [4.78, 5) is 18.4. The molecular weight excluding hydrogens is 378 g/mol. The maximum atomic E-state index is 12.7. The van der Waals surface area contributed by atoms with Crippen molar-refractivity contribution in [2.75, 3.05) is 29.9 Å². The van der Waals surface area contributed by atoms with Gasteiger partial charge in [-0.15, -0.1) is 0 Å². The third-order valence-corrected chi connectivity index (χ3v) is 6.20. The van der Waals surface area contributed by atoms with Crippen molar-refractivity contribution in [3.63, 3.8) is 0 Å². The summed E-state index contributed by atoms with van der Waals surface area (Å²) < 4.78 is 0. The number of aromatic nitrogens is 1. The monoisotopic (exact) mass is 399 g/mol. The average molecular weight is 400 g/mol. The third kappa shape index (κ3) is 4.15. The predicted molar refractivity (Wildman–Crippen MR) is 115 cm³/mol. The van der Waals surface area contributed by atoms with E-state index in [0.717, 1.165) is 41.8 Å². The van der Waals surface area contributed by atoms with E-state index in [9.17, 15) is 4.79 Å². The average Bonchev–Trinajstić information content (AvgIpc) is 3.09. The second-order valence-corrected chi connectivity index (χ2v) is 8.51. The number of carbonyl (C=O) groups is 1. The van der Waals surface area contributed by atoms with Crippen molar-refractivity contribution >= 4 is 45.9 Å². The molecule has 2 aromatic carbocycles. The van der Waals surface area contributed by atoms with Gasteiger partial charge in [0.15, 0.2) is 0 Å². The first-order valence-corrected chi connectivity index (χ1v) is 10.6. The van der Waals surface area contributed by atoms with Gasteiger partial charge < -0.3 is 10.3 Å². The molecule has 0 bridgehead atoms. The van der Waals surface area contributed by atoms with Crippen molar-refractivity contribution in [1.82, 2.24) is 9.88 Å². The zero-order valence-electron chi connectivity index (χ0n) is 15.2. The molecule has 4 nitrogen and oxygen atoms in total. The number of thioether (sulfide) groups is 1. The molecule has 1 aliphatic rings. The zero-order chi connectivity index (χ0) is 18.8. The van der Waals surface area contributed by atoms with Crippen molar-refractivity contribution in [2.24, 2.45) is 0 Å². The van der Waals surface area contributed by atoms with Crippen LogP contribution in [0.15, 0.2) is 42.5 Å². The van der Waals surface area contributed by atoms with Crippen molar-refractivity contribution in [3.8, 4) is 0 Å². The Morgan fingerprint density at radius 2 is 2.04 bits per heavy atom. The standard InChI is InChI=1S/C21H22ClN3OS/c1-14-16(13-25-7-9-27-10-8-25)3-2-4-18(14)24-21(26)20-11-15-5-6-17(22)12-19(15)23-20/h2-6,11-12,23H,7-10,13H2,1H3,(H,24,26). The first-order valence-electron chi connectivity index (χ1n) is 9.08. The quantitative estimate of drug-likeness (QED) is 0.653. The molecule has 0 atom stereocenters. The van der Waals surface area contributed by atoms with E-state index in [1.165, 1.54) is 17.1 Å². The summed E-state index contributed by atoms with van der Waals surface area (Å²) in [6.45, 7) is 5.26. The van der Waals surface area contributed by atoms with Crippen LogP contribution in [-0.4, -0.2) is 40.4 Å². The van der Waals surface area contributed by atoms with Gasteiger partial charge in [-0.2, -0.15) is 11.8 Å². The van der Waals surface area contributed by atoms with Crippen LogP contribution in [0.1, 0.15) is 21.6 Å². The van der Waals surface area contributed by atoms with Gasteiger partial charge in [-0.3, -0.25) is 9.69 Å². The number of hydrogen-bond acceptors (Lipinski definition) is 3. The first-order chi connectivity index (χ1) is 13.1. The number of nitrogens with zero attached hydrogens (tertiary/aromatic N) is 1. The largest absolute Gasteiger partial charge is 0.350 e. The van der Waals surface area contributed by atoms with E-state index in [1.807, 2.05) is 48.2 Å². The molecule has 1 aromatic heterocycles. The fourth-order valence-electron chi connectivity index (χ4n) is 3.40. The van der Waals surface area contributed by atoms with Crippen LogP contribution in [-0.2, 0) is 6.54 Å². The van der Waals surface area contributed by atoms with Gasteiger partial charge >= 0.3 is 0 Å². The lowest BCUT2D eigenvalue weighted by Crippen LogP contribution is -2.32. The SMILES string of the molecule is Cc1c(CN2CCSCC2)cccc1NC(=O)c1cc2ccc(Cl)cc2[nH]1. The minimum absolute atomic E-state index is 0.142. The van der Waals surface area contributed by atoms with E-state index in [1.54, 1.807) is 0 Å². The van der Waals surface area contributed by atoms with Crippen LogP contribution in [0.25, 0.3) is 10.9 Å². The Morgan fingerprint density at radius 1 is 1.22 bits per heavy atom. The Labute approximate surface area is 168 Å². The Hall–Kier alpha value is -1.95. The van der Waals surface area contributed by atoms with Gasteiger partial charge in [0.2, 0.25) is 0 Å². The highest BCUT2D eigenvalue weighted by atomic mass is 35.5. The van der Waals surface area contributed by atoms with E-state index in [2.05, 4.69) is 28.2 Å². The smallest absolute Gasteiger partial charge is 0.272 e. The van der Waals surface area contributed by atoms with E-state index < -0.39 is 0 Å². The molecule has 1 aliphatic heterocycles. The molecule has 0 spiro atoms. The molecular formula is C21H22ClN3OS. The van der Waals surface area contributed by atoms with Crippen LogP contribution in [0.5, 0.6) is 0 Å². The van der Waals surface area contributed by atoms with Crippen molar-refractivity contribution in [2.45, 2.75) is 13.5 Å². The number of carbonyl (C=O) groups excluding carboxylic acids is 1. The Morgan fingerprint density at radius 3 is 2.85 bits per heavy atom. The highest BCUT2D eigenvalue weighted by Gasteiger charge is 2.15. The molecule has 1 saturated heterocycles. The summed E-state index contributed by atoms with van der Waals surface area (Å²) in [6.07, 6.45) is 0. The summed E-state index contributed by atoms with van der Waals surface area (Å²) in [5, 5.41) is 4.67. The van der Waals surface area contributed by atoms with E-state index >= 15 is 0 Å². The van der Waals surface area contributed by atoms with Gasteiger partial charge in [0, 0.05) is 52.8 Å². The Balaban J connectivity index is 1.52. The first kappa shape index (κ1) is 18.4. The fraction of sp³-hybridized carbons (Fsp3) is 0.286. The van der Waals surface area contributed by atoms with E-state index in [-0.39, 0.29) is 5.91 Å². The zero-order valence-corrected chi connectivity index (χ0v) is 16.8. The number of H-pyrrole nitrogens is 1. The second-order valence-electron chi connectivity index (χ2n) is 6.85. The maximum Gasteiger partial charge on any atom is 0.272 e. The molecule has 0 aliphatic carbocycles. The van der Waals surface area contributed by atoms with E-state index in [0.29, 0.717) is 10.7 Å². The molecule has 0 radical (unpaired) electrons. The molecule has 2 heterocycles. The van der Waals surface area contributed by atoms with Gasteiger partial charge in [-0.1, -0.05) is 29.8 Å². The fourth-order valence-corrected chi connectivity index (χ4v) is 4.55. The van der Waals surface area contributed by atoms with Gasteiger partial charge in [0.1, 0.15) is 5.69 Å². The number of rotatable bonds is 4. The number of benzene rings is 2. The number of hydrogen-bond donors (Lipinski definition) is 2. The Kier molecular flexibility index (Phi) is 5.43. The number of fused-ring (bicyclic) bond motifs is 1. The summed E-state index contributed by atoms with van der Waals surface area (Å²) in [5.74, 6) is 2.25. The number of anilines is 1. The topological polar surface area (TPSA) is 48.1 Å².